The molecular weight excluding hydrogens is 274 g/mol. The molecule has 0 aliphatic carbocycles. The molecule has 0 atom stereocenters. The number of rotatable bonds is 3. The summed E-state index contributed by atoms with van der Waals surface area (Å²) in [6.07, 6.45) is 0. The molecule has 3 rings (SSSR count). The Hall–Kier alpha value is -2.53. The van der Waals surface area contributed by atoms with E-state index in [0.29, 0.717) is 17.1 Å². The quantitative estimate of drug-likeness (QED) is 0.802. The van der Waals surface area contributed by atoms with Gasteiger partial charge in [0.15, 0.2) is 0 Å². The largest absolute Gasteiger partial charge is 0.390 e. The zero-order chi connectivity index (χ0) is 14.8. The van der Waals surface area contributed by atoms with Gasteiger partial charge >= 0.3 is 0 Å². The highest BCUT2D eigenvalue weighted by Gasteiger charge is 2.11. The molecule has 3 nitrogen and oxygen atoms in total. The maximum absolute atomic E-state index is 13.0. The van der Waals surface area contributed by atoms with Gasteiger partial charge in [-0.05, 0) is 54.6 Å². The maximum atomic E-state index is 13.0. The predicted octanol–water partition coefficient (Wildman–Crippen LogP) is 3.31. The Labute approximate surface area is 120 Å². The highest BCUT2D eigenvalue weighted by atomic mass is 19.1. The Morgan fingerprint density at radius 1 is 0.905 bits per heavy atom. The highest BCUT2D eigenvalue weighted by Crippen LogP contribution is 2.24. The van der Waals surface area contributed by atoms with Crippen molar-refractivity contribution >= 4 is 0 Å². The molecule has 0 unspecified atom stereocenters. The first kappa shape index (κ1) is 13.5. The van der Waals surface area contributed by atoms with Gasteiger partial charge in [-0.25, -0.2) is 13.5 Å². The van der Waals surface area contributed by atoms with E-state index in [0.717, 1.165) is 5.56 Å². The third-order valence-electron chi connectivity index (χ3n) is 3.13. The van der Waals surface area contributed by atoms with E-state index in [1.54, 1.807) is 35.0 Å². The van der Waals surface area contributed by atoms with E-state index in [4.69, 9.17) is 0 Å². The van der Waals surface area contributed by atoms with E-state index in [2.05, 4.69) is 5.10 Å². The van der Waals surface area contributed by atoms with Crippen molar-refractivity contribution in [3.05, 3.63) is 71.9 Å². The Morgan fingerprint density at radius 3 is 2.05 bits per heavy atom. The van der Waals surface area contributed by atoms with Gasteiger partial charge in [-0.15, -0.1) is 0 Å². The summed E-state index contributed by atoms with van der Waals surface area (Å²) in [6.45, 7) is -0.206. The molecule has 0 fully saturated rings. The molecule has 3 aromatic rings. The minimum Gasteiger partial charge on any atom is -0.390 e. The molecule has 5 heteroatoms. The monoisotopic (exact) mass is 286 g/mol. The molecule has 0 amide bonds. The second kappa shape index (κ2) is 5.46. The van der Waals surface area contributed by atoms with Crippen molar-refractivity contribution in [1.29, 1.82) is 0 Å². The van der Waals surface area contributed by atoms with Crippen LogP contribution in [0.25, 0.3) is 16.9 Å². The molecular formula is C16H12F2N2O. The number of nitrogens with zero attached hydrogens (tertiary/aromatic N) is 2. The highest BCUT2D eigenvalue weighted by molar-refractivity contribution is 5.62. The van der Waals surface area contributed by atoms with Gasteiger partial charge in [0.2, 0.25) is 0 Å². The number of aliphatic hydroxyl groups excluding tert-OH is 1. The van der Waals surface area contributed by atoms with Crippen LogP contribution in [0.5, 0.6) is 0 Å². The predicted molar refractivity (Wildman–Crippen MR) is 74.8 cm³/mol. The van der Waals surface area contributed by atoms with Crippen LogP contribution < -0.4 is 0 Å². The minimum absolute atomic E-state index is 0.206. The fourth-order valence-corrected chi connectivity index (χ4v) is 2.11. The Balaban J connectivity index is 2.13. The number of hydrogen-bond acceptors (Lipinski definition) is 2. The molecule has 0 aliphatic rings. The van der Waals surface area contributed by atoms with Crippen LogP contribution in [0, 0.1) is 11.6 Å². The van der Waals surface area contributed by atoms with Crippen LogP contribution in [0.2, 0.25) is 0 Å². The lowest BCUT2D eigenvalue weighted by Crippen LogP contribution is -2.00. The summed E-state index contributed by atoms with van der Waals surface area (Å²) in [6, 6.07) is 13.6. The van der Waals surface area contributed by atoms with E-state index in [9.17, 15) is 13.9 Å². The Bertz CT molecular complexity index is 686. The van der Waals surface area contributed by atoms with Gasteiger partial charge in [0.05, 0.1) is 23.7 Å². The molecule has 1 heterocycles. The lowest BCUT2D eigenvalue weighted by atomic mass is 10.1. The molecule has 1 aromatic heterocycles. The van der Waals surface area contributed by atoms with Gasteiger partial charge in [0.25, 0.3) is 0 Å². The molecule has 1 N–H and O–H groups in total. The SMILES string of the molecule is OCc1cc(-c2ccc(F)cc2)n(-c2ccc(F)cc2)n1. The van der Waals surface area contributed by atoms with Crippen molar-refractivity contribution in [3.63, 3.8) is 0 Å². The van der Waals surface area contributed by atoms with Crippen LogP contribution in [-0.2, 0) is 6.61 Å². The molecule has 0 radical (unpaired) electrons. The summed E-state index contributed by atoms with van der Waals surface area (Å²) in [4.78, 5) is 0. The average Bonchev–Trinajstić information content (AvgIpc) is 2.93. The molecule has 0 spiro atoms. The van der Waals surface area contributed by atoms with Gasteiger partial charge in [-0.2, -0.15) is 5.10 Å². The zero-order valence-corrected chi connectivity index (χ0v) is 11.0. The molecule has 2 aromatic carbocycles. The number of aromatic nitrogens is 2. The van der Waals surface area contributed by atoms with Crippen LogP contribution >= 0.6 is 0 Å². The molecule has 0 aliphatic heterocycles. The van der Waals surface area contributed by atoms with Crippen molar-refractivity contribution in [2.45, 2.75) is 6.61 Å². The smallest absolute Gasteiger partial charge is 0.123 e. The Morgan fingerprint density at radius 2 is 1.48 bits per heavy atom. The molecule has 0 saturated carbocycles. The van der Waals surface area contributed by atoms with Crippen LogP contribution in [0.3, 0.4) is 0 Å². The lowest BCUT2D eigenvalue weighted by Gasteiger charge is -2.07. The van der Waals surface area contributed by atoms with E-state index in [1.807, 2.05) is 0 Å². The van der Waals surface area contributed by atoms with E-state index in [-0.39, 0.29) is 18.2 Å². The molecule has 21 heavy (non-hydrogen) atoms. The van der Waals surface area contributed by atoms with Gasteiger partial charge < -0.3 is 5.11 Å². The average molecular weight is 286 g/mol. The van der Waals surface area contributed by atoms with E-state index >= 15 is 0 Å². The van der Waals surface area contributed by atoms with Crippen LogP contribution in [-0.4, -0.2) is 14.9 Å². The second-order valence-corrected chi connectivity index (χ2v) is 4.57. The topological polar surface area (TPSA) is 38.0 Å². The van der Waals surface area contributed by atoms with Crippen LogP contribution in [0.4, 0.5) is 8.78 Å². The van der Waals surface area contributed by atoms with Crippen LogP contribution in [0.15, 0.2) is 54.6 Å². The summed E-state index contributed by atoms with van der Waals surface area (Å²) in [5, 5.41) is 13.5. The molecule has 0 saturated heterocycles. The van der Waals surface area contributed by atoms with Gasteiger partial charge in [0.1, 0.15) is 11.6 Å². The molecule has 0 bridgehead atoms. The van der Waals surface area contributed by atoms with Crippen molar-refractivity contribution < 1.29 is 13.9 Å². The number of benzene rings is 2. The van der Waals surface area contributed by atoms with Crippen molar-refractivity contribution in [3.8, 4) is 16.9 Å². The van der Waals surface area contributed by atoms with Gasteiger partial charge in [-0.1, -0.05) is 0 Å². The van der Waals surface area contributed by atoms with Crippen molar-refractivity contribution in [2.24, 2.45) is 0 Å². The van der Waals surface area contributed by atoms with E-state index in [1.165, 1.54) is 24.3 Å². The summed E-state index contributed by atoms with van der Waals surface area (Å²) < 4.78 is 27.7. The first-order valence-electron chi connectivity index (χ1n) is 6.39. The number of halogens is 2. The van der Waals surface area contributed by atoms with Crippen LogP contribution in [0.1, 0.15) is 5.69 Å². The zero-order valence-electron chi connectivity index (χ0n) is 11.0. The van der Waals surface area contributed by atoms with E-state index < -0.39 is 0 Å². The fourth-order valence-electron chi connectivity index (χ4n) is 2.11. The first-order valence-corrected chi connectivity index (χ1v) is 6.39. The standard InChI is InChI=1S/C16H12F2N2O/c17-12-3-1-11(2-4-12)16-9-14(10-21)19-20(16)15-7-5-13(18)6-8-15/h1-9,21H,10H2. The normalized spacial score (nSPS) is 10.8. The lowest BCUT2D eigenvalue weighted by molar-refractivity contribution is 0.276. The Kier molecular flexibility index (Phi) is 3.50. The third kappa shape index (κ3) is 2.68. The summed E-state index contributed by atoms with van der Waals surface area (Å²) in [5.41, 5.74) is 2.60. The third-order valence-corrected chi connectivity index (χ3v) is 3.13. The molecule has 106 valence electrons. The van der Waals surface area contributed by atoms with Crippen molar-refractivity contribution in [2.75, 3.05) is 0 Å². The first-order chi connectivity index (χ1) is 10.2. The fraction of sp³-hybridized carbons (Fsp3) is 0.0625. The summed E-state index contributed by atoms with van der Waals surface area (Å²) >= 11 is 0. The summed E-state index contributed by atoms with van der Waals surface area (Å²) in [7, 11) is 0. The maximum Gasteiger partial charge on any atom is 0.123 e. The number of aliphatic hydroxyl groups is 1. The second-order valence-electron chi connectivity index (χ2n) is 4.57. The number of hydrogen-bond donors (Lipinski definition) is 1. The van der Waals surface area contributed by atoms with Gasteiger partial charge in [-0.3, -0.25) is 0 Å². The minimum atomic E-state index is -0.336. The van der Waals surface area contributed by atoms with Crippen molar-refractivity contribution in [1.82, 2.24) is 9.78 Å². The van der Waals surface area contributed by atoms with Gasteiger partial charge in [0, 0.05) is 5.56 Å². The summed E-state index contributed by atoms with van der Waals surface area (Å²) in [5.74, 6) is -0.661.